The molecular weight excluding hydrogens is 255 g/mol. The van der Waals surface area contributed by atoms with Gasteiger partial charge in [0.25, 0.3) is 0 Å². The number of aliphatic hydroxyl groups excluding tert-OH is 1. The van der Waals surface area contributed by atoms with E-state index in [4.69, 9.17) is 0 Å². The maximum Gasteiger partial charge on any atom is 0.401 e. The molecule has 0 bridgehead atoms. The first kappa shape index (κ1) is 16.0. The number of nitrogens with zero attached hydrogens (tertiary/aromatic N) is 1. The molecule has 0 aliphatic rings. The summed E-state index contributed by atoms with van der Waals surface area (Å²) in [5, 5.41) is 10.1. The molecule has 0 radical (unpaired) electrons. The molecular formula is C14H20F3NO. The number of rotatable bonds is 6. The highest BCUT2D eigenvalue weighted by molar-refractivity contribution is 5.17. The standard InChI is InChI=1S/C14H20F3NO/c1-3-18(10-14(15,16)17)9-11(2)13(19)12-7-5-4-6-8-12/h4-8,11,13,19H,3,9-10H2,1-2H3. The van der Waals surface area contributed by atoms with Crippen LogP contribution in [0, 0.1) is 5.92 Å². The SMILES string of the molecule is CCN(CC(C)C(O)c1ccccc1)CC(F)(F)F. The average Bonchev–Trinajstić information content (AvgIpc) is 2.36. The second kappa shape index (κ2) is 6.91. The molecule has 0 spiro atoms. The van der Waals surface area contributed by atoms with Crippen LogP contribution in [0.3, 0.4) is 0 Å². The minimum absolute atomic E-state index is 0.214. The first-order valence-corrected chi connectivity index (χ1v) is 6.35. The first-order chi connectivity index (χ1) is 8.83. The summed E-state index contributed by atoms with van der Waals surface area (Å²) in [5.74, 6) is -0.260. The van der Waals surface area contributed by atoms with Crippen LogP contribution in [0.4, 0.5) is 13.2 Å². The van der Waals surface area contributed by atoms with E-state index in [0.29, 0.717) is 6.54 Å². The molecule has 19 heavy (non-hydrogen) atoms. The van der Waals surface area contributed by atoms with Crippen LogP contribution in [-0.2, 0) is 0 Å². The lowest BCUT2D eigenvalue weighted by Gasteiger charge is -2.28. The molecule has 0 aliphatic carbocycles. The zero-order valence-electron chi connectivity index (χ0n) is 11.2. The molecule has 0 heterocycles. The molecule has 108 valence electrons. The molecule has 0 aromatic heterocycles. The van der Waals surface area contributed by atoms with Crippen molar-refractivity contribution in [2.24, 2.45) is 5.92 Å². The van der Waals surface area contributed by atoms with Crippen molar-refractivity contribution in [3.8, 4) is 0 Å². The Kier molecular flexibility index (Phi) is 5.82. The van der Waals surface area contributed by atoms with E-state index in [-0.39, 0.29) is 12.5 Å². The smallest absolute Gasteiger partial charge is 0.388 e. The van der Waals surface area contributed by atoms with Gasteiger partial charge in [0.2, 0.25) is 0 Å². The zero-order valence-corrected chi connectivity index (χ0v) is 11.2. The van der Waals surface area contributed by atoms with Crippen LogP contribution in [0.1, 0.15) is 25.5 Å². The van der Waals surface area contributed by atoms with Gasteiger partial charge in [0.05, 0.1) is 12.6 Å². The Balaban J connectivity index is 2.60. The molecule has 1 aromatic carbocycles. The summed E-state index contributed by atoms with van der Waals surface area (Å²) in [4.78, 5) is 1.30. The summed E-state index contributed by atoms with van der Waals surface area (Å²) in [7, 11) is 0. The van der Waals surface area contributed by atoms with E-state index in [9.17, 15) is 18.3 Å². The van der Waals surface area contributed by atoms with Crippen LogP contribution in [0.15, 0.2) is 30.3 Å². The number of benzene rings is 1. The highest BCUT2D eigenvalue weighted by Crippen LogP contribution is 2.24. The van der Waals surface area contributed by atoms with Gasteiger partial charge in [0.1, 0.15) is 0 Å². The summed E-state index contributed by atoms with van der Waals surface area (Å²) in [6, 6.07) is 9.00. The fraction of sp³-hybridized carbons (Fsp3) is 0.571. The van der Waals surface area contributed by atoms with Crippen molar-refractivity contribution in [2.75, 3.05) is 19.6 Å². The molecule has 2 atom stereocenters. The molecule has 0 aliphatic heterocycles. The monoisotopic (exact) mass is 275 g/mol. The summed E-state index contributed by atoms with van der Waals surface area (Å²) < 4.78 is 37.1. The van der Waals surface area contributed by atoms with Crippen molar-refractivity contribution < 1.29 is 18.3 Å². The number of hydrogen-bond donors (Lipinski definition) is 1. The molecule has 0 saturated heterocycles. The predicted molar refractivity (Wildman–Crippen MR) is 68.7 cm³/mol. The molecule has 0 amide bonds. The van der Waals surface area contributed by atoms with Crippen LogP contribution in [0.5, 0.6) is 0 Å². The summed E-state index contributed by atoms with van der Waals surface area (Å²) in [5.41, 5.74) is 0.734. The topological polar surface area (TPSA) is 23.5 Å². The molecule has 1 aromatic rings. The summed E-state index contributed by atoms with van der Waals surface area (Å²) in [6.45, 7) is 3.04. The Bertz CT molecular complexity index is 367. The normalized spacial score (nSPS) is 15.5. The Morgan fingerprint density at radius 2 is 1.79 bits per heavy atom. The molecule has 2 unspecified atom stereocenters. The third-order valence-corrected chi connectivity index (χ3v) is 3.08. The van der Waals surface area contributed by atoms with E-state index in [2.05, 4.69) is 0 Å². The first-order valence-electron chi connectivity index (χ1n) is 6.35. The van der Waals surface area contributed by atoms with Crippen molar-refractivity contribution in [3.63, 3.8) is 0 Å². The van der Waals surface area contributed by atoms with Gasteiger partial charge in [-0.05, 0) is 18.0 Å². The molecule has 5 heteroatoms. The lowest BCUT2D eigenvalue weighted by molar-refractivity contribution is -0.147. The van der Waals surface area contributed by atoms with Crippen LogP contribution < -0.4 is 0 Å². The van der Waals surface area contributed by atoms with Crippen molar-refractivity contribution in [1.29, 1.82) is 0 Å². The second-order valence-electron chi connectivity index (χ2n) is 4.78. The maximum atomic E-state index is 12.4. The van der Waals surface area contributed by atoms with Crippen LogP contribution in [0.2, 0.25) is 0 Å². The molecule has 0 saturated carbocycles. The Morgan fingerprint density at radius 1 is 1.21 bits per heavy atom. The highest BCUT2D eigenvalue weighted by Gasteiger charge is 2.31. The van der Waals surface area contributed by atoms with E-state index in [0.717, 1.165) is 5.56 Å². The van der Waals surface area contributed by atoms with Crippen molar-refractivity contribution >= 4 is 0 Å². The van der Waals surface area contributed by atoms with Gasteiger partial charge >= 0.3 is 6.18 Å². The number of halogens is 3. The van der Waals surface area contributed by atoms with Gasteiger partial charge in [-0.25, -0.2) is 0 Å². The van der Waals surface area contributed by atoms with Gasteiger partial charge in [-0.1, -0.05) is 44.2 Å². The van der Waals surface area contributed by atoms with Crippen molar-refractivity contribution in [2.45, 2.75) is 26.1 Å². The summed E-state index contributed by atoms with van der Waals surface area (Å²) >= 11 is 0. The third-order valence-electron chi connectivity index (χ3n) is 3.08. The van der Waals surface area contributed by atoms with Crippen molar-refractivity contribution in [1.82, 2.24) is 4.90 Å². The summed E-state index contributed by atoms with van der Waals surface area (Å²) in [6.07, 6.45) is -4.95. The maximum absolute atomic E-state index is 12.4. The van der Waals surface area contributed by atoms with Crippen molar-refractivity contribution in [3.05, 3.63) is 35.9 Å². The van der Waals surface area contributed by atoms with E-state index >= 15 is 0 Å². The lowest BCUT2D eigenvalue weighted by Crippen LogP contribution is -2.38. The van der Waals surface area contributed by atoms with Crippen LogP contribution >= 0.6 is 0 Å². The van der Waals surface area contributed by atoms with Gasteiger partial charge in [0.15, 0.2) is 0 Å². The second-order valence-corrected chi connectivity index (χ2v) is 4.78. The van der Waals surface area contributed by atoms with Gasteiger partial charge in [-0.3, -0.25) is 4.90 Å². The third kappa shape index (κ3) is 5.61. The Hall–Kier alpha value is -1.07. The van der Waals surface area contributed by atoms with Gasteiger partial charge in [-0.15, -0.1) is 0 Å². The highest BCUT2D eigenvalue weighted by atomic mass is 19.4. The molecule has 2 nitrogen and oxygen atoms in total. The molecule has 0 fully saturated rings. The van der Waals surface area contributed by atoms with E-state index in [1.165, 1.54) is 4.90 Å². The molecule has 1 rings (SSSR count). The van der Waals surface area contributed by atoms with Gasteiger partial charge in [0, 0.05) is 6.54 Å². The Labute approximate surface area is 111 Å². The fourth-order valence-electron chi connectivity index (χ4n) is 2.04. The van der Waals surface area contributed by atoms with E-state index in [1.54, 1.807) is 38.1 Å². The number of alkyl halides is 3. The zero-order chi connectivity index (χ0) is 14.5. The Morgan fingerprint density at radius 3 is 2.26 bits per heavy atom. The van der Waals surface area contributed by atoms with Gasteiger partial charge in [-0.2, -0.15) is 13.2 Å². The van der Waals surface area contributed by atoms with E-state index < -0.39 is 18.8 Å². The van der Waals surface area contributed by atoms with E-state index in [1.807, 2.05) is 6.07 Å². The average molecular weight is 275 g/mol. The molecule has 1 N–H and O–H groups in total. The predicted octanol–water partition coefficient (Wildman–Crippen LogP) is 3.24. The quantitative estimate of drug-likeness (QED) is 0.861. The number of aliphatic hydroxyl groups is 1. The fourth-order valence-corrected chi connectivity index (χ4v) is 2.04. The largest absolute Gasteiger partial charge is 0.401 e. The van der Waals surface area contributed by atoms with Crippen LogP contribution in [-0.4, -0.2) is 35.8 Å². The minimum atomic E-state index is -4.20. The van der Waals surface area contributed by atoms with Crippen LogP contribution in [0.25, 0.3) is 0 Å². The minimum Gasteiger partial charge on any atom is -0.388 e. The van der Waals surface area contributed by atoms with Gasteiger partial charge < -0.3 is 5.11 Å². The lowest BCUT2D eigenvalue weighted by atomic mass is 9.97. The number of hydrogen-bond acceptors (Lipinski definition) is 2.